The monoisotopic (exact) mass is 350 g/mol. The summed E-state index contributed by atoms with van der Waals surface area (Å²) in [5, 5.41) is 11.9. The number of benzene rings is 2. The van der Waals surface area contributed by atoms with Crippen molar-refractivity contribution >= 4 is 11.7 Å². The van der Waals surface area contributed by atoms with Crippen molar-refractivity contribution in [3.05, 3.63) is 76.3 Å². The van der Waals surface area contributed by atoms with Gasteiger partial charge in [0.1, 0.15) is 5.69 Å². The second-order valence-electron chi connectivity index (χ2n) is 5.69. The molecule has 0 saturated carbocycles. The average molecular weight is 350 g/mol. The first-order valence-electron chi connectivity index (χ1n) is 8.21. The molecule has 1 aromatic heterocycles. The highest BCUT2D eigenvalue weighted by molar-refractivity contribution is 6.04. The van der Waals surface area contributed by atoms with Gasteiger partial charge in [-0.05, 0) is 12.5 Å². The molecule has 2 aromatic carbocycles. The lowest BCUT2D eigenvalue weighted by Crippen LogP contribution is -2.08. The summed E-state index contributed by atoms with van der Waals surface area (Å²) in [4.78, 5) is 24.0. The Bertz CT molecular complexity index is 947. The molecule has 0 aliphatic carbocycles. The minimum atomic E-state index is -0.698. The largest absolute Gasteiger partial charge is 0.462 e. The van der Waals surface area contributed by atoms with Crippen LogP contribution in [0.4, 0.5) is 5.69 Å². The van der Waals surface area contributed by atoms with Crippen molar-refractivity contribution in [2.45, 2.75) is 6.92 Å². The Hall–Kier alpha value is -3.41. The summed E-state index contributed by atoms with van der Waals surface area (Å²) < 4.78 is 6.82. The van der Waals surface area contributed by atoms with Gasteiger partial charge in [0.25, 0.3) is 0 Å². The van der Waals surface area contributed by atoms with Crippen LogP contribution in [0.25, 0.3) is 22.5 Å². The summed E-state index contributed by atoms with van der Waals surface area (Å²) in [6.45, 7) is 1.81. The molecule has 0 N–H and O–H groups in total. The van der Waals surface area contributed by atoms with Gasteiger partial charge in [0.15, 0.2) is 5.56 Å². The molecule has 0 amide bonds. The number of rotatable bonds is 5. The zero-order chi connectivity index (χ0) is 18.7. The number of nitro groups is 1. The van der Waals surface area contributed by atoms with Crippen molar-refractivity contribution in [3.63, 3.8) is 0 Å². The predicted molar refractivity (Wildman–Crippen MR) is 98.9 cm³/mol. The smallest absolute Gasteiger partial charge is 0.347 e. The minimum absolute atomic E-state index is 0.0237. The van der Waals surface area contributed by atoms with E-state index in [1.54, 1.807) is 42.8 Å². The number of carbonyl (C=O) groups excluding carboxylic acids is 1. The maximum Gasteiger partial charge on any atom is 0.347 e. The van der Waals surface area contributed by atoms with Crippen molar-refractivity contribution in [3.8, 4) is 22.5 Å². The van der Waals surface area contributed by atoms with Crippen LogP contribution in [0.15, 0.2) is 60.7 Å². The first kappa shape index (κ1) is 17.4. The average Bonchev–Trinajstić information content (AvgIpc) is 2.97. The lowest BCUT2D eigenvalue weighted by atomic mass is 10.1. The molecule has 3 rings (SSSR count). The second kappa shape index (κ2) is 7.23. The van der Waals surface area contributed by atoms with Crippen molar-refractivity contribution in [2.24, 2.45) is 7.05 Å². The summed E-state index contributed by atoms with van der Waals surface area (Å²) in [7, 11) is 1.72. The van der Waals surface area contributed by atoms with Gasteiger partial charge in [-0.15, -0.1) is 0 Å². The predicted octanol–water partition coefficient (Wildman–Crippen LogP) is 4.44. The highest BCUT2D eigenvalue weighted by Gasteiger charge is 2.36. The molecule has 0 unspecified atom stereocenters. The fourth-order valence-electron chi connectivity index (χ4n) is 3.10. The normalized spacial score (nSPS) is 10.5. The number of carbonyl (C=O) groups is 1. The molecule has 0 bridgehead atoms. The number of aromatic nitrogens is 1. The summed E-state index contributed by atoms with van der Waals surface area (Å²) >= 11 is 0. The molecular formula is C20H18N2O4. The van der Waals surface area contributed by atoms with E-state index in [1.165, 1.54) is 0 Å². The fourth-order valence-corrected chi connectivity index (χ4v) is 3.10. The van der Waals surface area contributed by atoms with E-state index in [9.17, 15) is 14.9 Å². The van der Waals surface area contributed by atoms with E-state index < -0.39 is 10.9 Å². The Labute approximate surface area is 150 Å². The van der Waals surface area contributed by atoms with Crippen LogP contribution in [-0.4, -0.2) is 22.1 Å². The minimum Gasteiger partial charge on any atom is -0.462 e. The van der Waals surface area contributed by atoms with Gasteiger partial charge in [-0.2, -0.15) is 0 Å². The first-order valence-corrected chi connectivity index (χ1v) is 8.21. The highest BCUT2D eigenvalue weighted by atomic mass is 16.6. The SMILES string of the molecule is CCOC(=O)c1c([N+](=O)[O-])c(-c2ccccc2)n(C)c1-c1ccccc1. The number of hydrogen-bond acceptors (Lipinski definition) is 4. The molecule has 0 atom stereocenters. The fraction of sp³-hybridized carbons (Fsp3) is 0.150. The molecule has 3 aromatic rings. The third kappa shape index (κ3) is 2.97. The molecule has 1 heterocycles. The van der Waals surface area contributed by atoms with E-state index in [-0.39, 0.29) is 17.9 Å². The number of esters is 1. The maximum absolute atomic E-state index is 12.6. The van der Waals surface area contributed by atoms with Crippen LogP contribution in [0, 0.1) is 10.1 Å². The topological polar surface area (TPSA) is 74.4 Å². The van der Waals surface area contributed by atoms with Crippen LogP contribution in [0.3, 0.4) is 0 Å². The van der Waals surface area contributed by atoms with Gasteiger partial charge in [-0.3, -0.25) is 10.1 Å². The molecule has 0 fully saturated rings. The number of nitrogens with zero attached hydrogens (tertiary/aromatic N) is 2. The summed E-state index contributed by atoms with van der Waals surface area (Å²) in [6, 6.07) is 18.1. The third-order valence-corrected chi connectivity index (χ3v) is 4.13. The lowest BCUT2D eigenvalue weighted by molar-refractivity contribution is -0.384. The van der Waals surface area contributed by atoms with Crippen molar-refractivity contribution in [2.75, 3.05) is 6.61 Å². The second-order valence-corrected chi connectivity index (χ2v) is 5.69. The van der Waals surface area contributed by atoms with Crippen LogP contribution in [0.1, 0.15) is 17.3 Å². The molecular weight excluding hydrogens is 332 g/mol. The Balaban J connectivity index is 2.40. The van der Waals surface area contributed by atoms with Crippen LogP contribution in [0.2, 0.25) is 0 Å². The van der Waals surface area contributed by atoms with Crippen LogP contribution >= 0.6 is 0 Å². The molecule has 6 nitrogen and oxygen atoms in total. The molecule has 0 aliphatic heterocycles. The zero-order valence-corrected chi connectivity index (χ0v) is 14.5. The van der Waals surface area contributed by atoms with Crippen molar-refractivity contribution < 1.29 is 14.5 Å². The van der Waals surface area contributed by atoms with E-state index in [1.807, 2.05) is 36.4 Å². The first-order chi connectivity index (χ1) is 12.6. The summed E-state index contributed by atoms with van der Waals surface area (Å²) in [5.41, 5.74) is 1.95. The molecule has 132 valence electrons. The van der Waals surface area contributed by atoms with Crippen molar-refractivity contribution in [1.82, 2.24) is 4.57 Å². The van der Waals surface area contributed by atoms with Gasteiger partial charge in [-0.25, -0.2) is 4.79 Å². The summed E-state index contributed by atoms with van der Waals surface area (Å²) in [5.74, 6) is -0.698. The van der Waals surface area contributed by atoms with E-state index in [0.717, 1.165) is 0 Å². The Morgan fingerprint density at radius 1 is 1.00 bits per heavy atom. The van der Waals surface area contributed by atoms with Gasteiger partial charge in [-0.1, -0.05) is 60.7 Å². The molecule has 6 heteroatoms. The van der Waals surface area contributed by atoms with Gasteiger partial charge >= 0.3 is 11.7 Å². The Morgan fingerprint density at radius 3 is 1.96 bits per heavy atom. The third-order valence-electron chi connectivity index (χ3n) is 4.13. The number of hydrogen-bond donors (Lipinski definition) is 0. The Kier molecular flexibility index (Phi) is 4.84. The maximum atomic E-state index is 12.6. The van der Waals surface area contributed by atoms with Crippen molar-refractivity contribution in [1.29, 1.82) is 0 Å². The van der Waals surface area contributed by atoms with E-state index in [4.69, 9.17) is 4.74 Å². The van der Waals surface area contributed by atoms with Gasteiger partial charge < -0.3 is 9.30 Å². The van der Waals surface area contributed by atoms with Crippen LogP contribution in [-0.2, 0) is 11.8 Å². The van der Waals surface area contributed by atoms with Gasteiger partial charge in [0.2, 0.25) is 0 Å². The molecule has 0 aliphatic rings. The van der Waals surface area contributed by atoms with E-state index in [0.29, 0.717) is 22.5 Å². The molecule has 0 spiro atoms. The van der Waals surface area contributed by atoms with Crippen LogP contribution in [0.5, 0.6) is 0 Å². The quantitative estimate of drug-likeness (QED) is 0.387. The van der Waals surface area contributed by atoms with Gasteiger partial charge in [0.05, 0.1) is 17.2 Å². The molecule has 0 radical (unpaired) electrons. The highest BCUT2D eigenvalue weighted by Crippen LogP contribution is 2.42. The standard InChI is InChI=1S/C20H18N2O4/c1-3-26-20(23)16-17(14-10-6-4-7-11-14)21(2)18(19(16)22(24)25)15-12-8-5-9-13-15/h4-13H,3H2,1-2H3. The van der Waals surface area contributed by atoms with E-state index in [2.05, 4.69) is 0 Å². The molecule has 0 saturated heterocycles. The lowest BCUT2D eigenvalue weighted by Gasteiger charge is -2.08. The number of ether oxygens (including phenoxy) is 1. The van der Waals surface area contributed by atoms with E-state index >= 15 is 0 Å². The molecule has 26 heavy (non-hydrogen) atoms. The van der Waals surface area contributed by atoms with Gasteiger partial charge in [0, 0.05) is 12.6 Å². The van der Waals surface area contributed by atoms with Crippen LogP contribution < -0.4 is 0 Å². The zero-order valence-electron chi connectivity index (χ0n) is 14.5. The Morgan fingerprint density at radius 2 is 1.50 bits per heavy atom. The summed E-state index contributed by atoms with van der Waals surface area (Å²) in [6.07, 6.45) is 0.